The lowest BCUT2D eigenvalue weighted by molar-refractivity contribution is -0.138. The molecule has 21 heavy (non-hydrogen) atoms. The van der Waals surface area contributed by atoms with E-state index in [0.717, 1.165) is 0 Å². The van der Waals surface area contributed by atoms with E-state index in [9.17, 15) is 14.4 Å². The largest absolute Gasteiger partial charge is 0.452 e. The van der Waals surface area contributed by atoms with Gasteiger partial charge in [-0.25, -0.2) is 4.79 Å². The van der Waals surface area contributed by atoms with Crippen molar-refractivity contribution >= 4 is 17.8 Å². The second-order valence-electron chi connectivity index (χ2n) is 4.17. The van der Waals surface area contributed by atoms with E-state index in [4.69, 9.17) is 4.74 Å². The van der Waals surface area contributed by atoms with Crippen molar-refractivity contribution in [3.63, 3.8) is 0 Å². The Morgan fingerprint density at radius 3 is 2.48 bits per heavy atom. The van der Waals surface area contributed by atoms with E-state index < -0.39 is 18.5 Å². The molecule has 2 amide bonds. The van der Waals surface area contributed by atoms with Crippen molar-refractivity contribution in [1.29, 1.82) is 0 Å². The number of carbonyl (C=O) groups is 3. The molecule has 0 atom stereocenters. The van der Waals surface area contributed by atoms with Gasteiger partial charge in [0, 0.05) is 25.5 Å². The van der Waals surface area contributed by atoms with Gasteiger partial charge in [0.25, 0.3) is 5.91 Å². The number of ether oxygens (including phenoxy) is 1. The minimum absolute atomic E-state index is 0.0457. The topological polar surface area (TPSA) is 88.6 Å². The first kappa shape index (κ1) is 16.6. The van der Waals surface area contributed by atoms with E-state index in [1.807, 2.05) is 0 Å². The molecule has 1 N–H and O–H groups in total. The summed E-state index contributed by atoms with van der Waals surface area (Å²) < 4.78 is 4.92. The maximum absolute atomic E-state index is 11.9. The summed E-state index contributed by atoms with van der Waals surface area (Å²) in [4.78, 5) is 40.2. The Bertz CT molecular complexity index is 490. The molecule has 0 unspecified atom stereocenters. The van der Waals surface area contributed by atoms with E-state index >= 15 is 0 Å². The second kappa shape index (κ2) is 8.68. The SMILES string of the molecule is CCNC(=O)CN(CC)C(=O)COC(=O)c1ccncc1. The van der Waals surface area contributed by atoms with Crippen molar-refractivity contribution in [2.75, 3.05) is 26.2 Å². The van der Waals surface area contributed by atoms with Crippen molar-refractivity contribution in [2.45, 2.75) is 13.8 Å². The number of likely N-dealkylation sites (N-methyl/N-ethyl adjacent to an activating group) is 2. The van der Waals surface area contributed by atoms with Crippen LogP contribution in [0.1, 0.15) is 24.2 Å². The fourth-order valence-electron chi connectivity index (χ4n) is 1.59. The number of amides is 2. The van der Waals surface area contributed by atoms with Gasteiger partial charge in [0.1, 0.15) is 0 Å². The van der Waals surface area contributed by atoms with Crippen LogP contribution in [0.5, 0.6) is 0 Å². The zero-order valence-corrected chi connectivity index (χ0v) is 12.2. The van der Waals surface area contributed by atoms with Gasteiger partial charge in [0.2, 0.25) is 5.91 Å². The lowest BCUT2D eigenvalue weighted by atomic mass is 10.3. The minimum atomic E-state index is -0.597. The molecule has 0 aliphatic carbocycles. The van der Waals surface area contributed by atoms with E-state index in [2.05, 4.69) is 10.3 Å². The van der Waals surface area contributed by atoms with E-state index in [0.29, 0.717) is 18.7 Å². The predicted molar refractivity (Wildman–Crippen MR) is 75.5 cm³/mol. The number of hydrogen-bond donors (Lipinski definition) is 1. The number of nitrogens with one attached hydrogen (secondary N) is 1. The normalized spacial score (nSPS) is 9.81. The number of carbonyl (C=O) groups excluding carboxylic acids is 3. The third kappa shape index (κ3) is 5.60. The molecule has 114 valence electrons. The summed E-state index contributed by atoms with van der Waals surface area (Å²) in [5.41, 5.74) is 0.324. The highest BCUT2D eigenvalue weighted by Crippen LogP contribution is 2.00. The van der Waals surface area contributed by atoms with E-state index in [1.54, 1.807) is 13.8 Å². The van der Waals surface area contributed by atoms with E-state index in [-0.39, 0.29) is 12.5 Å². The summed E-state index contributed by atoms with van der Waals surface area (Å²) >= 11 is 0. The Morgan fingerprint density at radius 1 is 1.24 bits per heavy atom. The molecule has 1 aromatic rings. The maximum Gasteiger partial charge on any atom is 0.338 e. The molecule has 7 heteroatoms. The maximum atomic E-state index is 11.9. The number of hydrogen-bond acceptors (Lipinski definition) is 5. The van der Waals surface area contributed by atoms with Crippen LogP contribution in [-0.2, 0) is 14.3 Å². The lowest BCUT2D eigenvalue weighted by Gasteiger charge is -2.19. The van der Waals surface area contributed by atoms with Gasteiger partial charge < -0.3 is 15.0 Å². The molecule has 0 aliphatic heterocycles. The van der Waals surface area contributed by atoms with Gasteiger partial charge in [-0.1, -0.05) is 0 Å². The van der Waals surface area contributed by atoms with Crippen LogP contribution in [0.2, 0.25) is 0 Å². The lowest BCUT2D eigenvalue weighted by Crippen LogP contribution is -2.42. The van der Waals surface area contributed by atoms with Crippen molar-refractivity contribution in [3.8, 4) is 0 Å². The van der Waals surface area contributed by atoms with Crippen LogP contribution < -0.4 is 5.32 Å². The first-order valence-corrected chi connectivity index (χ1v) is 6.70. The highest BCUT2D eigenvalue weighted by atomic mass is 16.5. The van der Waals surface area contributed by atoms with Crippen LogP contribution in [0, 0.1) is 0 Å². The molecular formula is C14H19N3O4. The Balaban J connectivity index is 2.47. The van der Waals surface area contributed by atoms with E-state index in [1.165, 1.54) is 29.4 Å². The van der Waals surface area contributed by atoms with Crippen LogP contribution >= 0.6 is 0 Å². The van der Waals surface area contributed by atoms with Gasteiger partial charge in [-0.3, -0.25) is 14.6 Å². The molecule has 1 rings (SSSR count). The average molecular weight is 293 g/mol. The number of nitrogens with zero attached hydrogens (tertiary/aromatic N) is 2. The summed E-state index contributed by atoms with van der Waals surface area (Å²) in [6, 6.07) is 3.00. The van der Waals surface area contributed by atoms with Crippen molar-refractivity contribution in [1.82, 2.24) is 15.2 Å². The van der Waals surface area contributed by atoms with Crippen LogP contribution in [0.4, 0.5) is 0 Å². The Labute approximate surface area is 123 Å². The molecule has 7 nitrogen and oxygen atoms in total. The molecule has 0 spiro atoms. The van der Waals surface area contributed by atoms with Gasteiger partial charge >= 0.3 is 5.97 Å². The molecule has 1 aromatic heterocycles. The molecule has 0 bridgehead atoms. The third-order valence-electron chi connectivity index (χ3n) is 2.69. The highest BCUT2D eigenvalue weighted by molar-refractivity contribution is 5.91. The Hall–Kier alpha value is -2.44. The monoisotopic (exact) mass is 293 g/mol. The van der Waals surface area contributed by atoms with Gasteiger partial charge in [0.15, 0.2) is 6.61 Å². The number of aromatic nitrogens is 1. The predicted octanol–water partition coefficient (Wildman–Crippen LogP) is 0.223. The smallest absolute Gasteiger partial charge is 0.338 e. The minimum Gasteiger partial charge on any atom is -0.452 e. The summed E-state index contributed by atoms with van der Waals surface area (Å²) in [6.45, 7) is 3.98. The number of rotatable bonds is 7. The third-order valence-corrected chi connectivity index (χ3v) is 2.69. The van der Waals surface area contributed by atoms with Gasteiger partial charge in [-0.05, 0) is 26.0 Å². The van der Waals surface area contributed by atoms with Crippen molar-refractivity contribution in [2.24, 2.45) is 0 Å². The van der Waals surface area contributed by atoms with Crippen LogP contribution in [0.25, 0.3) is 0 Å². The molecule has 1 heterocycles. The average Bonchev–Trinajstić information content (AvgIpc) is 2.51. The van der Waals surface area contributed by atoms with Crippen LogP contribution in [-0.4, -0.2) is 53.9 Å². The molecule has 0 aromatic carbocycles. The highest BCUT2D eigenvalue weighted by Gasteiger charge is 2.17. The Morgan fingerprint density at radius 2 is 1.90 bits per heavy atom. The van der Waals surface area contributed by atoms with Gasteiger partial charge in [0.05, 0.1) is 12.1 Å². The van der Waals surface area contributed by atoms with Crippen molar-refractivity contribution in [3.05, 3.63) is 30.1 Å². The molecule has 0 radical (unpaired) electrons. The molecular weight excluding hydrogens is 274 g/mol. The summed E-state index contributed by atoms with van der Waals surface area (Å²) in [5, 5.41) is 2.61. The molecule has 0 fully saturated rings. The first-order chi connectivity index (χ1) is 10.1. The fourth-order valence-corrected chi connectivity index (χ4v) is 1.59. The number of pyridine rings is 1. The summed E-state index contributed by atoms with van der Waals surface area (Å²) in [6.07, 6.45) is 2.93. The summed E-state index contributed by atoms with van der Waals surface area (Å²) in [7, 11) is 0. The fraction of sp³-hybridized carbons (Fsp3) is 0.429. The molecule has 0 aliphatic rings. The van der Waals surface area contributed by atoms with Crippen molar-refractivity contribution < 1.29 is 19.1 Å². The zero-order valence-electron chi connectivity index (χ0n) is 12.2. The van der Waals surface area contributed by atoms with Gasteiger partial charge in [-0.2, -0.15) is 0 Å². The van der Waals surface area contributed by atoms with Crippen LogP contribution in [0.15, 0.2) is 24.5 Å². The second-order valence-corrected chi connectivity index (χ2v) is 4.17. The Kier molecular flexibility index (Phi) is 6.86. The quantitative estimate of drug-likeness (QED) is 0.727. The van der Waals surface area contributed by atoms with Crippen LogP contribution in [0.3, 0.4) is 0 Å². The first-order valence-electron chi connectivity index (χ1n) is 6.70. The van der Waals surface area contributed by atoms with Gasteiger partial charge in [-0.15, -0.1) is 0 Å². The standard InChI is InChI=1S/C14H19N3O4/c1-3-16-12(18)9-17(4-2)13(19)10-21-14(20)11-5-7-15-8-6-11/h5-8H,3-4,9-10H2,1-2H3,(H,16,18). The number of esters is 1. The zero-order chi connectivity index (χ0) is 15.7. The molecule has 0 saturated heterocycles. The molecule has 0 saturated carbocycles. The summed E-state index contributed by atoms with van der Waals surface area (Å²) in [5.74, 6) is -1.25.